The van der Waals surface area contributed by atoms with Gasteiger partial charge in [0.05, 0.1) is 16.0 Å². The number of non-ortho nitro benzene ring substituents is 1. The van der Waals surface area contributed by atoms with Crippen molar-refractivity contribution >= 4 is 22.3 Å². The Labute approximate surface area is 117 Å². The van der Waals surface area contributed by atoms with Crippen molar-refractivity contribution in [1.29, 1.82) is 0 Å². The van der Waals surface area contributed by atoms with E-state index in [1.165, 1.54) is 6.42 Å². The molecule has 1 heterocycles. The second-order valence-corrected chi connectivity index (χ2v) is 5.40. The largest absolute Gasteiger partial charge is 0.378 e. The minimum Gasteiger partial charge on any atom is -0.378 e. The maximum Gasteiger partial charge on any atom is 0.278 e. The highest BCUT2D eigenvalue weighted by Crippen LogP contribution is 2.40. The van der Waals surface area contributed by atoms with E-state index in [1.54, 1.807) is 30.5 Å². The van der Waals surface area contributed by atoms with Crippen LogP contribution in [-0.4, -0.2) is 15.4 Å². The Balaban J connectivity index is 2.08. The van der Waals surface area contributed by atoms with E-state index in [-0.39, 0.29) is 16.1 Å². The first-order chi connectivity index (χ1) is 9.65. The highest BCUT2D eigenvalue weighted by Gasteiger charge is 2.35. The molecule has 0 unspecified atom stereocenters. The van der Waals surface area contributed by atoms with E-state index < -0.39 is 0 Å². The van der Waals surface area contributed by atoms with Gasteiger partial charge in [0, 0.05) is 17.8 Å². The number of nitrogens with one attached hydrogen (secondary N) is 1. The molecular formula is C15H17N3O2. The molecule has 1 fully saturated rings. The van der Waals surface area contributed by atoms with Crippen LogP contribution in [0.25, 0.3) is 10.9 Å². The average molecular weight is 271 g/mol. The summed E-state index contributed by atoms with van der Waals surface area (Å²) in [5.74, 6) is 0. The quantitative estimate of drug-likeness (QED) is 0.676. The molecule has 5 nitrogen and oxygen atoms in total. The number of pyridine rings is 1. The Morgan fingerprint density at radius 3 is 2.80 bits per heavy atom. The molecule has 104 valence electrons. The third kappa shape index (κ3) is 1.99. The predicted octanol–water partition coefficient (Wildman–Crippen LogP) is 3.89. The molecule has 5 heteroatoms. The fraction of sp³-hybridized carbons (Fsp3) is 0.400. The van der Waals surface area contributed by atoms with Gasteiger partial charge in [-0.25, -0.2) is 0 Å². The van der Waals surface area contributed by atoms with Gasteiger partial charge in [0.2, 0.25) is 0 Å². The second kappa shape index (κ2) is 4.74. The molecule has 1 aromatic carbocycles. The normalized spacial score (nSPS) is 16.6. The zero-order chi connectivity index (χ0) is 14.2. The number of nitro benzene ring substituents is 1. The number of nitrogens with zero attached hydrogens (tertiary/aromatic N) is 2. The van der Waals surface area contributed by atoms with E-state index in [0.29, 0.717) is 10.9 Å². The maximum absolute atomic E-state index is 11.1. The van der Waals surface area contributed by atoms with Crippen LogP contribution >= 0.6 is 0 Å². The first-order valence-corrected chi connectivity index (χ1v) is 6.95. The molecule has 0 radical (unpaired) electrons. The lowest BCUT2D eigenvalue weighted by atomic mass is 9.74. The first-order valence-electron chi connectivity index (χ1n) is 6.95. The van der Waals surface area contributed by atoms with Crippen LogP contribution in [0.3, 0.4) is 0 Å². The lowest BCUT2D eigenvalue weighted by Crippen LogP contribution is -2.44. The topological polar surface area (TPSA) is 68.1 Å². The summed E-state index contributed by atoms with van der Waals surface area (Å²) in [4.78, 5) is 15.1. The number of fused-ring (bicyclic) bond motifs is 1. The van der Waals surface area contributed by atoms with Gasteiger partial charge in [-0.2, -0.15) is 0 Å². The molecule has 3 rings (SSSR count). The van der Waals surface area contributed by atoms with Crippen LogP contribution in [0, 0.1) is 10.1 Å². The van der Waals surface area contributed by atoms with Gasteiger partial charge in [0.1, 0.15) is 5.52 Å². The highest BCUT2D eigenvalue weighted by molar-refractivity contribution is 5.96. The van der Waals surface area contributed by atoms with Crippen LogP contribution in [0.5, 0.6) is 0 Å². The van der Waals surface area contributed by atoms with E-state index in [9.17, 15) is 10.1 Å². The second-order valence-electron chi connectivity index (χ2n) is 5.40. The molecule has 1 aromatic heterocycles. The molecule has 0 saturated heterocycles. The number of hydrogen-bond acceptors (Lipinski definition) is 4. The van der Waals surface area contributed by atoms with Crippen LogP contribution in [-0.2, 0) is 0 Å². The number of benzene rings is 1. The van der Waals surface area contributed by atoms with Crippen molar-refractivity contribution in [3.8, 4) is 0 Å². The Hall–Kier alpha value is -2.17. The van der Waals surface area contributed by atoms with Crippen molar-refractivity contribution in [1.82, 2.24) is 4.98 Å². The van der Waals surface area contributed by atoms with Gasteiger partial charge >= 0.3 is 0 Å². The van der Waals surface area contributed by atoms with Crippen LogP contribution < -0.4 is 5.32 Å². The van der Waals surface area contributed by atoms with Gasteiger partial charge < -0.3 is 5.32 Å². The number of anilines is 1. The van der Waals surface area contributed by atoms with E-state index in [1.807, 2.05) is 0 Å². The lowest BCUT2D eigenvalue weighted by molar-refractivity contribution is -0.383. The molecule has 20 heavy (non-hydrogen) atoms. The molecule has 0 amide bonds. The van der Waals surface area contributed by atoms with Crippen molar-refractivity contribution in [3.63, 3.8) is 0 Å². The summed E-state index contributed by atoms with van der Waals surface area (Å²) in [5.41, 5.74) is 1.83. The average Bonchev–Trinajstić information content (AvgIpc) is 2.42. The van der Waals surface area contributed by atoms with Gasteiger partial charge in [0.25, 0.3) is 5.69 Å². The Morgan fingerprint density at radius 2 is 2.20 bits per heavy atom. The molecule has 1 N–H and O–H groups in total. The number of hydrogen-bond donors (Lipinski definition) is 1. The van der Waals surface area contributed by atoms with Crippen LogP contribution in [0.4, 0.5) is 11.4 Å². The van der Waals surface area contributed by atoms with Crippen LogP contribution in [0.2, 0.25) is 0 Å². The maximum atomic E-state index is 11.1. The van der Waals surface area contributed by atoms with Crippen molar-refractivity contribution in [2.75, 3.05) is 5.32 Å². The molecule has 1 aliphatic rings. The minimum atomic E-state index is -0.354. The SMILES string of the molecule is CCC1(Nc2ccc([N+](=O)[O-])c3cccnc23)CCC1. The molecule has 0 aliphatic heterocycles. The monoisotopic (exact) mass is 271 g/mol. The van der Waals surface area contributed by atoms with Crippen molar-refractivity contribution in [2.45, 2.75) is 38.1 Å². The van der Waals surface area contributed by atoms with E-state index in [2.05, 4.69) is 17.2 Å². The number of aromatic nitrogens is 1. The molecule has 0 atom stereocenters. The van der Waals surface area contributed by atoms with Gasteiger partial charge in [-0.3, -0.25) is 15.1 Å². The molecule has 2 aromatic rings. The predicted molar refractivity (Wildman–Crippen MR) is 78.9 cm³/mol. The summed E-state index contributed by atoms with van der Waals surface area (Å²) in [6.45, 7) is 2.17. The summed E-state index contributed by atoms with van der Waals surface area (Å²) in [6, 6.07) is 6.83. The molecule has 1 aliphatic carbocycles. The zero-order valence-electron chi connectivity index (χ0n) is 11.4. The fourth-order valence-corrected chi connectivity index (χ4v) is 2.87. The van der Waals surface area contributed by atoms with E-state index in [0.717, 1.165) is 24.9 Å². The summed E-state index contributed by atoms with van der Waals surface area (Å²) in [5, 5.41) is 15.2. The van der Waals surface area contributed by atoms with Gasteiger partial charge in [-0.05, 0) is 43.9 Å². The van der Waals surface area contributed by atoms with Gasteiger partial charge in [-0.15, -0.1) is 0 Å². The molecule has 0 bridgehead atoms. The van der Waals surface area contributed by atoms with E-state index in [4.69, 9.17) is 0 Å². The number of nitro groups is 1. The molecule has 0 spiro atoms. The highest BCUT2D eigenvalue weighted by atomic mass is 16.6. The van der Waals surface area contributed by atoms with Crippen LogP contribution in [0.1, 0.15) is 32.6 Å². The lowest BCUT2D eigenvalue weighted by Gasteiger charge is -2.43. The Kier molecular flexibility index (Phi) is 3.04. The Bertz CT molecular complexity index is 660. The third-order valence-corrected chi connectivity index (χ3v) is 4.33. The van der Waals surface area contributed by atoms with E-state index >= 15 is 0 Å². The zero-order valence-corrected chi connectivity index (χ0v) is 11.4. The van der Waals surface area contributed by atoms with Gasteiger partial charge in [0.15, 0.2) is 0 Å². The standard InChI is InChI=1S/C15H17N3O2/c1-2-15(8-4-9-15)17-12-6-7-13(18(19)20)11-5-3-10-16-14(11)12/h3,5-7,10,17H,2,4,8-9H2,1H3. The smallest absolute Gasteiger partial charge is 0.278 e. The molecular weight excluding hydrogens is 254 g/mol. The van der Waals surface area contributed by atoms with Crippen LogP contribution in [0.15, 0.2) is 30.5 Å². The third-order valence-electron chi connectivity index (χ3n) is 4.33. The van der Waals surface area contributed by atoms with Crippen molar-refractivity contribution < 1.29 is 4.92 Å². The first kappa shape index (κ1) is 12.8. The van der Waals surface area contributed by atoms with Crippen molar-refractivity contribution in [3.05, 3.63) is 40.6 Å². The number of rotatable bonds is 4. The fourth-order valence-electron chi connectivity index (χ4n) is 2.87. The van der Waals surface area contributed by atoms with Crippen molar-refractivity contribution in [2.24, 2.45) is 0 Å². The summed E-state index contributed by atoms with van der Waals surface area (Å²) >= 11 is 0. The minimum absolute atomic E-state index is 0.109. The van der Waals surface area contributed by atoms with Gasteiger partial charge in [-0.1, -0.05) is 6.92 Å². The summed E-state index contributed by atoms with van der Waals surface area (Å²) < 4.78 is 0. The Morgan fingerprint density at radius 1 is 1.40 bits per heavy atom. The summed E-state index contributed by atoms with van der Waals surface area (Å²) in [7, 11) is 0. The summed E-state index contributed by atoms with van der Waals surface area (Å²) in [6.07, 6.45) is 6.26. The molecule has 1 saturated carbocycles.